The Kier molecular flexibility index (Phi) is 13.7. The van der Waals surface area contributed by atoms with Crippen LogP contribution in [0, 0.1) is 0 Å². The predicted octanol–water partition coefficient (Wildman–Crippen LogP) is -7.41. The predicted molar refractivity (Wildman–Crippen MR) is 154 cm³/mol. The number of aliphatic hydroxyl groups is 10. The molecule has 1 unspecified atom stereocenters. The minimum atomic E-state index is -1.91. The van der Waals surface area contributed by atoms with Gasteiger partial charge in [-0.15, -0.1) is 0 Å². The zero-order valence-corrected chi connectivity index (χ0v) is 27.1. The summed E-state index contributed by atoms with van der Waals surface area (Å²) in [5.74, 6) is -1.39. The number of carbonyl (C=O) groups excluding carboxylic acids is 2. The molecule has 12 N–H and O–H groups in total. The summed E-state index contributed by atoms with van der Waals surface area (Å²) in [4.78, 5) is 24.4. The maximum atomic E-state index is 12.3. The maximum absolute atomic E-state index is 12.3. The largest absolute Gasteiger partial charge is 0.394 e. The van der Waals surface area contributed by atoms with Gasteiger partial charge in [-0.1, -0.05) is 0 Å². The molecule has 0 saturated carbocycles. The number of nitrogens with one attached hydrogen (secondary N) is 2. The second-order valence-corrected chi connectivity index (χ2v) is 12.6. The van der Waals surface area contributed by atoms with E-state index in [0.717, 1.165) is 13.8 Å². The summed E-state index contributed by atoms with van der Waals surface area (Å²) in [6, 6.07) is -3.03. The Bertz CT molecular complexity index is 1110. The van der Waals surface area contributed by atoms with Crippen LogP contribution in [0.3, 0.4) is 0 Å². The van der Waals surface area contributed by atoms with Gasteiger partial charge in [-0.3, -0.25) is 9.59 Å². The number of aliphatic hydroxyl groups excluding tert-OH is 10. The Morgan fingerprint density at radius 2 is 1.08 bits per heavy atom. The second kappa shape index (κ2) is 16.7. The molecule has 0 aromatic heterocycles. The van der Waals surface area contributed by atoms with Gasteiger partial charge in [0.25, 0.3) is 0 Å². The smallest absolute Gasteiger partial charge is 0.217 e. The Balaban J connectivity index is 1.72. The van der Waals surface area contributed by atoms with Gasteiger partial charge < -0.3 is 94.9 Å². The molecule has 4 heterocycles. The zero-order chi connectivity index (χ0) is 36.5. The van der Waals surface area contributed by atoms with Crippen molar-refractivity contribution in [1.29, 1.82) is 0 Å². The minimum absolute atomic E-state index is 0.649. The van der Waals surface area contributed by atoms with Gasteiger partial charge in [-0.2, -0.15) is 0 Å². The van der Waals surface area contributed by atoms with Crippen LogP contribution in [0.5, 0.6) is 0 Å². The van der Waals surface area contributed by atoms with Gasteiger partial charge in [0, 0.05) is 13.8 Å². The number of amides is 2. The highest BCUT2D eigenvalue weighted by molar-refractivity contribution is 5.73. The summed E-state index contributed by atoms with van der Waals surface area (Å²) in [5.41, 5.74) is 0. The molecule has 0 radical (unpaired) electrons. The van der Waals surface area contributed by atoms with Crippen LogP contribution >= 0.6 is 0 Å². The standard InChI is InChI=1S/C28H48N2O19/c1-7-15(34)19(38)21(40)27(44-7)43-6-12-23(48-26-13(29-9(3)32)18(37)17(36)11(5-31)47-26)24(14(25(42)46-12)30-10(4)33)49-28-22(41)20(39)16(35)8(2)45-28/h7-8,11-28,31,34-42H,5-6H2,1-4H3,(H,29,32)(H,30,33)/t7-,8+,11+,12+,13+,14+,15+,16-,17+,18+,19+,20-,21-,22+,23+,24+,25?,26-,27-,28-/m0/s1. The summed E-state index contributed by atoms with van der Waals surface area (Å²) in [7, 11) is 0. The molecule has 4 rings (SSSR count). The number of hydrogen-bond donors (Lipinski definition) is 12. The lowest BCUT2D eigenvalue weighted by Crippen LogP contribution is -2.70. The molecule has 0 bridgehead atoms. The third-order valence-corrected chi connectivity index (χ3v) is 8.91. The summed E-state index contributed by atoms with van der Waals surface area (Å²) in [6.45, 7) is 3.54. The molecule has 4 aliphatic heterocycles. The highest BCUT2D eigenvalue weighted by Crippen LogP contribution is 2.34. The molecular weight excluding hydrogens is 668 g/mol. The molecule has 4 saturated heterocycles. The van der Waals surface area contributed by atoms with E-state index in [9.17, 15) is 60.7 Å². The van der Waals surface area contributed by atoms with Crippen molar-refractivity contribution >= 4 is 11.8 Å². The second-order valence-electron chi connectivity index (χ2n) is 12.6. The molecule has 4 aliphatic rings. The van der Waals surface area contributed by atoms with Crippen LogP contribution < -0.4 is 10.6 Å². The van der Waals surface area contributed by atoms with E-state index in [1.54, 1.807) is 0 Å². The zero-order valence-electron chi connectivity index (χ0n) is 27.1. The molecule has 2 amide bonds. The summed E-state index contributed by atoms with van der Waals surface area (Å²) >= 11 is 0. The first-order valence-electron chi connectivity index (χ1n) is 15.8. The summed E-state index contributed by atoms with van der Waals surface area (Å²) < 4.78 is 40.5. The topological polar surface area (TPSA) is 325 Å². The summed E-state index contributed by atoms with van der Waals surface area (Å²) in [5, 5.41) is 109. The Hall–Kier alpha value is -1.74. The van der Waals surface area contributed by atoms with Crippen LogP contribution in [0.2, 0.25) is 0 Å². The van der Waals surface area contributed by atoms with E-state index in [2.05, 4.69) is 10.6 Å². The van der Waals surface area contributed by atoms with Crippen molar-refractivity contribution in [3.63, 3.8) is 0 Å². The fraction of sp³-hybridized carbons (Fsp3) is 0.929. The third-order valence-electron chi connectivity index (χ3n) is 8.91. The fourth-order valence-electron chi connectivity index (χ4n) is 6.13. The number of hydrogen-bond acceptors (Lipinski definition) is 19. The number of carbonyl (C=O) groups is 2. The van der Waals surface area contributed by atoms with Crippen LogP contribution in [0.25, 0.3) is 0 Å². The van der Waals surface area contributed by atoms with Crippen molar-refractivity contribution < 1.29 is 93.8 Å². The van der Waals surface area contributed by atoms with Crippen molar-refractivity contribution in [1.82, 2.24) is 10.6 Å². The quantitative estimate of drug-likeness (QED) is 0.0999. The van der Waals surface area contributed by atoms with Gasteiger partial charge in [-0.25, -0.2) is 0 Å². The average molecular weight is 717 g/mol. The SMILES string of the molecule is CC(=O)N[C@H]1[C@H](O[C@H]2[C@H](O[C@@H]3O[C@H](C)[C@H](O)[C@H](O)[C@H]3O)[C@@H](NC(C)=O)C(O)O[C@@H]2CO[C@H]2O[C@@H](C)[C@@H](O)[C@@H](O)[C@@H]2O)O[C@H](CO)[C@@H](O)[C@@H]1O. The lowest BCUT2D eigenvalue weighted by atomic mass is 9.93. The van der Waals surface area contributed by atoms with E-state index in [1.165, 1.54) is 13.8 Å². The van der Waals surface area contributed by atoms with Crippen LogP contribution in [-0.2, 0) is 42.7 Å². The monoisotopic (exact) mass is 716 g/mol. The first-order chi connectivity index (χ1) is 23.0. The maximum Gasteiger partial charge on any atom is 0.217 e. The van der Waals surface area contributed by atoms with E-state index in [0.29, 0.717) is 0 Å². The molecule has 0 aliphatic carbocycles. The lowest BCUT2D eigenvalue weighted by molar-refractivity contribution is -0.368. The van der Waals surface area contributed by atoms with E-state index in [1.807, 2.05) is 0 Å². The number of ether oxygens (including phenoxy) is 7. The molecule has 49 heavy (non-hydrogen) atoms. The highest BCUT2D eigenvalue weighted by Gasteiger charge is 2.55. The molecule has 4 fully saturated rings. The van der Waals surface area contributed by atoms with Crippen molar-refractivity contribution in [2.75, 3.05) is 13.2 Å². The molecule has 20 atom stereocenters. The van der Waals surface area contributed by atoms with Gasteiger partial charge in [0.05, 0.1) is 25.4 Å². The van der Waals surface area contributed by atoms with Crippen LogP contribution in [0.4, 0.5) is 0 Å². The van der Waals surface area contributed by atoms with Gasteiger partial charge in [0.2, 0.25) is 11.8 Å². The number of rotatable bonds is 10. The summed E-state index contributed by atoms with van der Waals surface area (Å²) in [6.07, 6.45) is -28.8. The molecule has 284 valence electrons. The Morgan fingerprint density at radius 3 is 1.63 bits per heavy atom. The first-order valence-corrected chi connectivity index (χ1v) is 15.8. The van der Waals surface area contributed by atoms with E-state index >= 15 is 0 Å². The van der Waals surface area contributed by atoms with E-state index in [-0.39, 0.29) is 0 Å². The Labute approximate surface area is 280 Å². The van der Waals surface area contributed by atoms with E-state index in [4.69, 9.17) is 33.2 Å². The third kappa shape index (κ3) is 8.84. The molecule has 0 aromatic rings. The Morgan fingerprint density at radius 1 is 0.571 bits per heavy atom. The first kappa shape index (κ1) is 40.0. The van der Waals surface area contributed by atoms with Gasteiger partial charge in [-0.05, 0) is 13.8 Å². The highest BCUT2D eigenvalue weighted by atomic mass is 16.8. The minimum Gasteiger partial charge on any atom is -0.394 e. The lowest BCUT2D eigenvalue weighted by Gasteiger charge is -2.50. The van der Waals surface area contributed by atoms with Gasteiger partial charge >= 0.3 is 0 Å². The van der Waals surface area contributed by atoms with Crippen molar-refractivity contribution in [2.45, 2.75) is 150 Å². The molecule has 0 aromatic carbocycles. The fourth-order valence-corrected chi connectivity index (χ4v) is 6.13. The van der Waals surface area contributed by atoms with Crippen LogP contribution in [0.15, 0.2) is 0 Å². The van der Waals surface area contributed by atoms with Gasteiger partial charge in [0.1, 0.15) is 85.3 Å². The van der Waals surface area contributed by atoms with Crippen molar-refractivity contribution in [2.24, 2.45) is 0 Å². The van der Waals surface area contributed by atoms with Gasteiger partial charge in [0.15, 0.2) is 25.2 Å². The van der Waals surface area contributed by atoms with Crippen LogP contribution in [0.1, 0.15) is 27.7 Å². The molecule has 0 spiro atoms. The molecule has 21 heteroatoms. The normalized spacial score (nSPS) is 49.3. The van der Waals surface area contributed by atoms with E-state index < -0.39 is 148 Å². The molecular formula is C28H48N2O19. The van der Waals surface area contributed by atoms with Crippen molar-refractivity contribution in [3.05, 3.63) is 0 Å². The average Bonchev–Trinajstić information content (AvgIpc) is 3.04. The molecule has 21 nitrogen and oxygen atoms in total. The van der Waals surface area contributed by atoms with Crippen molar-refractivity contribution in [3.8, 4) is 0 Å². The van der Waals surface area contributed by atoms with Crippen LogP contribution in [-0.4, -0.2) is 199 Å².